The highest BCUT2D eigenvalue weighted by Crippen LogP contribution is 2.18. The smallest absolute Gasteiger partial charge is 0.255 e. The van der Waals surface area contributed by atoms with Gasteiger partial charge in [0.2, 0.25) is 5.91 Å². The monoisotopic (exact) mass is 289 g/mol. The maximum atomic E-state index is 12.3. The van der Waals surface area contributed by atoms with Crippen LogP contribution in [0.2, 0.25) is 0 Å². The fourth-order valence-corrected chi connectivity index (χ4v) is 2.46. The summed E-state index contributed by atoms with van der Waals surface area (Å²) in [6, 6.07) is 3.58. The molecule has 0 aliphatic carbocycles. The Kier molecular flexibility index (Phi) is 5.31. The first kappa shape index (κ1) is 15.5. The van der Waals surface area contributed by atoms with Gasteiger partial charge in [0.25, 0.3) is 5.91 Å². The second-order valence-electron chi connectivity index (χ2n) is 5.88. The predicted octanol–water partition coefficient (Wildman–Crippen LogP) is 1.71. The molecule has 1 saturated heterocycles. The lowest BCUT2D eigenvalue weighted by molar-refractivity contribution is -0.124. The molecule has 1 N–H and O–H groups in total. The molecule has 1 aliphatic rings. The average molecular weight is 289 g/mol. The molecule has 2 amide bonds. The first-order chi connectivity index (χ1) is 10.1. The van der Waals surface area contributed by atoms with Crippen molar-refractivity contribution in [3.63, 3.8) is 0 Å². The number of rotatable bonds is 4. The largest absolute Gasteiger partial charge is 0.356 e. The molecule has 21 heavy (non-hydrogen) atoms. The van der Waals surface area contributed by atoms with E-state index in [2.05, 4.69) is 10.3 Å². The number of carbonyl (C=O) groups excluding carboxylic acids is 2. The molecular formula is C16H23N3O2. The Labute approximate surface area is 125 Å². The summed E-state index contributed by atoms with van der Waals surface area (Å²) in [6.45, 7) is 5.99. The lowest BCUT2D eigenvalue weighted by Gasteiger charge is -2.32. The minimum absolute atomic E-state index is 0.0252. The van der Waals surface area contributed by atoms with Crippen LogP contribution in [0.15, 0.2) is 24.5 Å². The van der Waals surface area contributed by atoms with Crippen LogP contribution in [0, 0.1) is 11.8 Å². The Bertz CT molecular complexity index is 480. The summed E-state index contributed by atoms with van der Waals surface area (Å²) in [5, 5.41) is 2.98. The topological polar surface area (TPSA) is 62.3 Å². The molecule has 1 fully saturated rings. The molecule has 1 aromatic rings. The third-order valence-corrected chi connectivity index (χ3v) is 3.90. The number of hydrogen-bond acceptors (Lipinski definition) is 3. The number of nitrogens with one attached hydrogen (secondary N) is 1. The molecule has 0 spiro atoms. The molecule has 5 nitrogen and oxygen atoms in total. The zero-order valence-electron chi connectivity index (χ0n) is 12.7. The molecule has 5 heteroatoms. The lowest BCUT2D eigenvalue weighted by Crippen LogP contribution is -2.42. The van der Waals surface area contributed by atoms with E-state index in [1.54, 1.807) is 24.5 Å². The van der Waals surface area contributed by atoms with E-state index in [1.807, 2.05) is 18.7 Å². The van der Waals surface area contributed by atoms with Crippen molar-refractivity contribution in [2.75, 3.05) is 19.6 Å². The Hall–Kier alpha value is -1.91. The fraction of sp³-hybridized carbons (Fsp3) is 0.562. The van der Waals surface area contributed by atoms with Crippen molar-refractivity contribution in [2.45, 2.75) is 26.7 Å². The highest BCUT2D eigenvalue weighted by atomic mass is 16.2. The van der Waals surface area contributed by atoms with Gasteiger partial charge < -0.3 is 10.2 Å². The molecular weight excluding hydrogens is 266 g/mol. The zero-order chi connectivity index (χ0) is 15.2. The standard InChI is InChI=1S/C16H23N3O2/c1-12(2)15(20)18-10-13-5-8-19(9-6-13)16(21)14-4-3-7-17-11-14/h3-4,7,11-13H,5-6,8-10H2,1-2H3,(H,18,20). The van der Waals surface area contributed by atoms with E-state index in [9.17, 15) is 9.59 Å². The predicted molar refractivity (Wildman–Crippen MR) is 80.7 cm³/mol. The Morgan fingerprint density at radius 1 is 1.38 bits per heavy atom. The quantitative estimate of drug-likeness (QED) is 0.917. The molecule has 2 rings (SSSR count). The summed E-state index contributed by atoms with van der Waals surface area (Å²) in [4.78, 5) is 29.7. The first-order valence-corrected chi connectivity index (χ1v) is 7.55. The van der Waals surface area contributed by atoms with Crippen LogP contribution in [-0.2, 0) is 4.79 Å². The molecule has 0 bridgehead atoms. The summed E-state index contributed by atoms with van der Waals surface area (Å²) >= 11 is 0. The van der Waals surface area contributed by atoms with Crippen molar-refractivity contribution in [3.05, 3.63) is 30.1 Å². The van der Waals surface area contributed by atoms with Gasteiger partial charge in [-0.15, -0.1) is 0 Å². The van der Waals surface area contributed by atoms with Crippen LogP contribution >= 0.6 is 0 Å². The van der Waals surface area contributed by atoms with Crippen LogP contribution in [0.4, 0.5) is 0 Å². The zero-order valence-corrected chi connectivity index (χ0v) is 12.7. The summed E-state index contributed by atoms with van der Waals surface area (Å²) in [5.41, 5.74) is 0.643. The number of aromatic nitrogens is 1. The highest BCUT2D eigenvalue weighted by molar-refractivity contribution is 5.93. The number of carbonyl (C=O) groups is 2. The van der Waals surface area contributed by atoms with E-state index >= 15 is 0 Å². The highest BCUT2D eigenvalue weighted by Gasteiger charge is 2.24. The first-order valence-electron chi connectivity index (χ1n) is 7.55. The lowest BCUT2D eigenvalue weighted by atomic mass is 9.96. The van der Waals surface area contributed by atoms with Gasteiger partial charge in [-0.3, -0.25) is 14.6 Å². The normalized spacial score (nSPS) is 16.0. The Morgan fingerprint density at radius 3 is 2.67 bits per heavy atom. The number of nitrogens with zero attached hydrogens (tertiary/aromatic N) is 2. The van der Waals surface area contributed by atoms with Gasteiger partial charge in [0.05, 0.1) is 5.56 Å². The Balaban J connectivity index is 1.78. The van der Waals surface area contributed by atoms with Gasteiger partial charge in [-0.1, -0.05) is 13.8 Å². The van der Waals surface area contributed by atoms with Crippen LogP contribution in [0.25, 0.3) is 0 Å². The summed E-state index contributed by atoms with van der Waals surface area (Å²) in [6.07, 6.45) is 5.15. The van der Waals surface area contributed by atoms with Crippen LogP contribution in [0.1, 0.15) is 37.0 Å². The molecule has 0 radical (unpaired) electrons. The molecule has 0 unspecified atom stereocenters. The molecule has 0 atom stereocenters. The minimum Gasteiger partial charge on any atom is -0.356 e. The second kappa shape index (κ2) is 7.20. The maximum Gasteiger partial charge on any atom is 0.255 e. The fourth-order valence-electron chi connectivity index (χ4n) is 2.46. The third-order valence-electron chi connectivity index (χ3n) is 3.90. The van der Waals surface area contributed by atoms with E-state index < -0.39 is 0 Å². The Morgan fingerprint density at radius 2 is 2.10 bits per heavy atom. The SMILES string of the molecule is CC(C)C(=O)NCC1CCN(C(=O)c2cccnc2)CC1. The maximum absolute atomic E-state index is 12.3. The summed E-state index contributed by atoms with van der Waals surface area (Å²) in [5.74, 6) is 0.638. The van der Waals surface area contributed by atoms with Gasteiger partial charge in [-0.2, -0.15) is 0 Å². The van der Waals surface area contributed by atoms with Crippen molar-refractivity contribution in [1.82, 2.24) is 15.2 Å². The number of hydrogen-bond donors (Lipinski definition) is 1. The number of piperidine rings is 1. The molecule has 114 valence electrons. The van der Waals surface area contributed by atoms with Gasteiger partial charge in [0.15, 0.2) is 0 Å². The van der Waals surface area contributed by atoms with E-state index in [0.29, 0.717) is 18.0 Å². The molecule has 0 saturated carbocycles. The second-order valence-corrected chi connectivity index (χ2v) is 5.88. The van der Waals surface area contributed by atoms with Crippen LogP contribution in [-0.4, -0.2) is 41.3 Å². The number of amides is 2. The average Bonchev–Trinajstić information content (AvgIpc) is 2.53. The van der Waals surface area contributed by atoms with Crippen LogP contribution < -0.4 is 5.32 Å². The molecule has 1 aliphatic heterocycles. The molecule has 0 aromatic carbocycles. The van der Waals surface area contributed by atoms with Gasteiger partial charge in [0.1, 0.15) is 0 Å². The van der Waals surface area contributed by atoms with Crippen molar-refractivity contribution < 1.29 is 9.59 Å². The van der Waals surface area contributed by atoms with E-state index in [1.165, 1.54) is 0 Å². The van der Waals surface area contributed by atoms with Gasteiger partial charge in [-0.25, -0.2) is 0 Å². The molecule has 2 heterocycles. The van der Waals surface area contributed by atoms with Crippen LogP contribution in [0.3, 0.4) is 0 Å². The third kappa shape index (κ3) is 4.28. The number of pyridine rings is 1. The van der Waals surface area contributed by atoms with Crippen molar-refractivity contribution >= 4 is 11.8 Å². The van der Waals surface area contributed by atoms with E-state index in [4.69, 9.17) is 0 Å². The van der Waals surface area contributed by atoms with Crippen molar-refractivity contribution in [2.24, 2.45) is 11.8 Å². The van der Waals surface area contributed by atoms with Gasteiger partial charge >= 0.3 is 0 Å². The van der Waals surface area contributed by atoms with Gasteiger partial charge in [0, 0.05) is 37.9 Å². The summed E-state index contributed by atoms with van der Waals surface area (Å²) < 4.78 is 0. The van der Waals surface area contributed by atoms with Crippen LogP contribution in [0.5, 0.6) is 0 Å². The van der Waals surface area contributed by atoms with Crippen molar-refractivity contribution in [3.8, 4) is 0 Å². The van der Waals surface area contributed by atoms with Gasteiger partial charge in [-0.05, 0) is 30.9 Å². The van der Waals surface area contributed by atoms with E-state index in [-0.39, 0.29) is 17.7 Å². The minimum atomic E-state index is 0.0252. The number of likely N-dealkylation sites (tertiary alicyclic amines) is 1. The van der Waals surface area contributed by atoms with Crippen molar-refractivity contribution in [1.29, 1.82) is 0 Å². The summed E-state index contributed by atoms with van der Waals surface area (Å²) in [7, 11) is 0. The molecule has 1 aromatic heterocycles. The van der Waals surface area contributed by atoms with E-state index in [0.717, 1.165) is 25.9 Å².